The number of nitrogens with two attached hydrogens (primary N) is 1. The number of halogens is 1. The predicted molar refractivity (Wildman–Crippen MR) is 125 cm³/mol. The van der Waals surface area contributed by atoms with Crippen molar-refractivity contribution in [3.8, 4) is 22.9 Å². The van der Waals surface area contributed by atoms with Crippen molar-refractivity contribution in [2.75, 3.05) is 17.2 Å². The van der Waals surface area contributed by atoms with Crippen LogP contribution in [0, 0.1) is 17.1 Å². The van der Waals surface area contributed by atoms with Crippen LogP contribution < -0.4 is 15.4 Å². The molecule has 0 fully saturated rings. The first-order valence-electron chi connectivity index (χ1n) is 10.9. The second-order valence-electron chi connectivity index (χ2n) is 8.75. The molecule has 11 heteroatoms. The normalized spacial score (nSPS) is 21.0. The molecule has 2 aliphatic rings. The number of aryl methyl sites for hydroxylation is 1. The van der Waals surface area contributed by atoms with E-state index in [-0.39, 0.29) is 23.7 Å². The maximum atomic E-state index is 14.4. The Morgan fingerprint density at radius 3 is 2.89 bits per heavy atom. The van der Waals surface area contributed by atoms with Gasteiger partial charge in [0, 0.05) is 29.9 Å². The van der Waals surface area contributed by atoms with Gasteiger partial charge in [0.2, 0.25) is 0 Å². The van der Waals surface area contributed by atoms with Crippen LogP contribution in [0.25, 0.3) is 11.1 Å². The van der Waals surface area contributed by atoms with Crippen molar-refractivity contribution in [3.05, 3.63) is 53.2 Å². The van der Waals surface area contributed by atoms with E-state index >= 15 is 0 Å². The van der Waals surface area contributed by atoms with Gasteiger partial charge in [-0.25, -0.2) is 9.37 Å². The number of hydrogen-bond donors (Lipinski definition) is 2. The van der Waals surface area contributed by atoms with Crippen molar-refractivity contribution >= 4 is 23.2 Å². The lowest BCUT2D eigenvalue weighted by Gasteiger charge is -2.36. The van der Waals surface area contributed by atoms with Crippen LogP contribution in [-0.4, -0.2) is 43.8 Å². The first-order valence-corrected chi connectivity index (χ1v) is 10.9. The maximum Gasteiger partial charge on any atom is 0.275 e. The van der Waals surface area contributed by atoms with Crippen LogP contribution in [0.1, 0.15) is 36.9 Å². The number of benzene rings is 1. The zero-order valence-electron chi connectivity index (χ0n) is 19.3. The monoisotopic (exact) mass is 475 g/mol. The van der Waals surface area contributed by atoms with Crippen molar-refractivity contribution in [2.45, 2.75) is 31.9 Å². The van der Waals surface area contributed by atoms with Gasteiger partial charge < -0.3 is 20.5 Å². The number of nitriles is 1. The minimum atomic E-state index is -1.42. The number of carbonyl (C=O) groups excluding carboxylic acids is 1. The molecule has 10 nitrogen and oxygen atoms in total. The number of nitrogens with zero attached hydrogens (tertiary/aromatic N) is 6. The highest BCUT2D eigenvalue weighted by Gasteiger charge is 2.48. The van der Waals surface area contributed by atoms with Crippen LogP contribution in [0.15, 0.2) is 35.5 Å². The number of fused-ring (bicyclic) bond motifs is 7. The van der Waals surface area contributed by atoms with Gasteiger partial charge in [-0.2, -0.15) is 15.4 Å². The molecule has 0 radical (unpaired) electrons. The number of aliphatic hydroxyl groups is 1. The van der Waals surface area contributed by atoms with E-state index in [1.54, 1.807) is 31.9 Å². The average Bonchev–Trinajstić information content (AvgIpc) is 3.27. The SMILES string of the molecule is CC1Oc2cc(cnc2N)-c2c(nn(C)c2C#N)CC2=NC(=O)C(C)(CO)N2c2ccc(F)cc21. The third kappa shape index (κ3) is 3.33. The first kappa shape index (κ1) is 22.5. The van der Waals surface area contributed by atoms with Gasteiger partial charge in [0.25, 0.3) is 5.91 Å². The average molecular weight is 475 g/mol. The zero-order valence-corrected chi connectivity index (χ0v) is 19.3. The number of hydrogen-bond acceptors (Lipinski definition) is 8. The highest BCUT2D eigenvalue weighted by molar-refractivity contribution is 6.17. The molecule has 2 atom stereocenters. The van der Waals surface area contributed by atoms with Crippen LogP contribution in [0.4, 0.5) is 15.9 Å². The predicted octanol–water partition coefficient (Wildman–Crippen LogP) is 2.27. The van der Waals surface area contributed by atoms with E-state index in [0.717, 1.165) is 0 Å². The Hall–Kier alpha value is -4.30. The summed E-state index contributed by atoms with van der Waals surface area (Å²) in [6.45, 7) is 2.76. The lowest BCUT2D eigenvalue weighted by atomic mass is 9.96. The van der Waals surface area contributed by atoms with Gasteiger partial charge in [-0.3, -0.25) is 9.48 Å². The molecule has 2 unspecified atom stereocenters. The Kier molecular flexibility index (Phi) is 5.07. The zero-order chi connectivity index (χ0) is 25.1. The lowest BCUT2D eigenvalue weighted by Crippen LogP contribution is -2.53. The standard InChI is InChI=1S/C24H22FN7O3/c1-12-15-7-14(25)4-5-17(15)32-20(29-23(34)24(32,2)11-33)8-16-21(18(9-26)31(3)30-16)13-6-19(35-12)22(27)28-10-13/h4-7,10,12,33H,8,11H2,1-3H3,(H2,27,28). The van der Waals surface area contributed by atoms with Gasteiger partial charge in [0.1, 0.15) is 35.1 Å². The van der Waals surface area contributed by atoms with E-state index in [0.29, 0.717) is 33.9 Å². The van der Waals surface area contributed by atoms with E-state index in [2.05, 4.69) is 21.1 Å². The summed E-state index contributed by atoms with van der Waals surface area (Å²) in [4.78, 5) is 23.1. The molecule has 178 valence electrons. The Morgan fingerprint density at radius 1 is 1.40 bits per heavy atom. The summed E-state index contributed by atoms with van der Waals surface area (Å²) in [5.74, 6) is -0.358. The minimum Gasteiger partial charge on any atom is -0.482 e. The molecule has 0 aliphatic carbocycles. The molecule has 2 bridgehead atoms. The Balaban J connectivity index is 1.83. The molecule has 5 rings (SSSR count). The van der Waals surface area contributed by atoms with Crippen molar-refractivity contribution in [2.24, 2.45) is 12.0 Å². The fraction of sp³-hybridized carbons (Fsp3) is 0.292. The van der Waals surface area contributed by atoms with Crippen molar-refractivity contribution < 1.29 is 19.0 Å². The van der Waals surface area contributed by atoms with Gasteiger partial charge in [0.05, 0.1) is 24.4 Å². The summed E-state index contributed by atoms with van der Waals surface area (Å²) in [7, 11) is 1.64. The topological polar surface area (TPSA) is 143 Å². The van der Waals surface area contributed by atoms with Crippen LogP contribution >= 0.6 is 0 Å². The van der Waals surface area contributed by atoms with Gasteiger partial charge in [0.15, 0.2) is 11.6 Å². The highest BCUT2D eigenvalue weighted by atomic mass is 19.1. The Morgan fingerprint density at radius 2 is 2.17 bits per heavy atom. The number of amidine groups is 1. The third-order valence-corrected chi connectivity index (χ3v) is 6.44. The molecule has 4 heterocycles. The smallest absolute Gasteiger partial charge is 0.275 e. The molecule has 0 saturated carbocycles. The molecule has 2 aliphatic heterocycles. The molecule has 35 heavy (non-hydrogen) atoms. The molecular weight excluding hydrogens is 453 g/mol. The Bertz CT molecular complexity index is 1460. The number of nitrogen functional groups attached to an aromatic ring is 1. The second kappa shape index (κ2) is 7.89. The second-order valence-corrected chi connectivity index (χ2v) is 8.75. The van der Waals surface area contributed by atoms with Crippen molar-refractivity contribution in [1.29, 1.82) is 5.26 Å². The highest BCUT2D eigenvalue weighted by Crippen LogP contribution is 2.41. The molecule has 1 amide bonds. The van der Waals surface area contributed by atoms with Crippen molar-refractivity contribution in [3.63, 3.8) is 0 Å². The summed E-state index contributed by atoms with van der Waals surface area (Å²) in [5, 5.41) is 24.6. The van der Waals surface area contributed by atoms with Gasteiger partial charge >= 0.3 is 0 Å². The van der Waals surface area contributed by atoms with E-state index in [4.69, 9.17) is 10.5 Å². The number of aliphatic imine (C=N–C) groups is 1. The van der Waals surface area contributed by atoms with Gasteiger partial charge in [-0.15, -0.1) is 0 Å². The quantitative estimate of drug-likeness (QED) is 0.546. The largest absolute Gasteiger partial charge is 0.482 e. The van der Waals surface area contributed by atoms with Crippen LogP contribution in [-0.2, 0) is 18.3 Å². The Labute approximate surface area is 200 Å². The molecule has 1 aromatic carbocycles. The molecular formula is C24H22FN7O3. The summed E-state index contributed by atoms with van der Waals surface area (Å²) in [5.41, 5.74) is 7.34. The summed E-state index contributed by atoms with van der Waals surface area (Å²) in [6, 6.07) is 7.94. The molecule has 2 aromatic heterocycles. The summed E-state index contributed by atoms with van der Waals surface area (Å²) in [6.07, 6.45) is 0.867. The fourth-order valence-electron chi connectivity index (χ4n) is 4.61. The molecule has 0 spiro atoms. The first-order chi connectivity index (χ1) is 16.7. The fourth-order valence-corrected chi connectivity index (χ4v) is 4.61. The molecule has 3 aromatic rings. The van der Waals surface area contributed by atoms with Crippen LogP contribution in [0.2, 0.25) is 0 Å². The number of rotatable bonds is 1. The number of anilines is 2. The number of ether oxygens (including phenoxy) is 1. The molecule has 3 N–H and O–H groups in total. The summed E-state index contributed by atoms with van der Waals surface area (Å²) < 4.78 is 22.0. The van der Waals surface area contributed by atoms with E-state index in [1.165, 1.54) is 29.1 Å². The van der Waals surface area contributed by atoms with E-state index in [9.17, 15) is 19.6 Å². The van der Waals surface area contributed by atoms with E-state index in [1.807, 2.05) is 0 Å². The third-order valence-electron chi connectivity index (χ3n) is 6.44. The van der Waals surface area contributed by atoms with Gasteiger partial charge in [-0.1, -0.05) is 0 Å². The molecule has 0 saturated heterocycles. The number of aromatic nitrogens is 3. The minimum absolute atomic E-state index is 0.0674. The van der Waals surface area contributed by atoms with Crippen LogP contribution in [0.5, 0.6) is 5.75 Å². The van der Waals surface area contributed by atoms with Crippen LogP contribution in [0.3, 0.4) is 0 Å². The lowest BCUT2D eigenvalue weighted by molar-refractivity contribution is -0.122. The van der Waals surface area contributed by atoms with Crippen molar-refractivity contribution in [1.82, 2.24) is 14.8 Å². The van der Waals surface area contributed by atoms with E-state index < -0.39 is 30.0 Å². The number of pyridine rings is 1. The number of amides is 1. The maximum absolute atomic E-state index is 14.4. The summed E-state index contributed by atoms with van der Waals surface area (Å²) >= 11 is 0. The number of aliphatic hydroxyl groups excluding tert-OH is 1. The number of carbonyl (C=O) groups is 1. The van der Waals surface area contributed by atoms with Gasteiger partial charge in [-0.05, 0) is 38.1 Å².